The number of benzene rings is 1. The van der Waals surface area contributed by atoms with Crippen LogP contribution in [0.25, 0.3) is 0 Å². The highest BCUT2D eigenvalue weighted by molar-refractivity contribution is 7.89. The Morgan fingerprint density at radius 2 is 1.83 bits per heavy atom. The molecule has 0 bridgehead atoms. The number of rotatable bonds is 8. The van der Waals surface area contributed by atoms with Gasteiger partial charge in [0.25, 0.3) is 11.8 Å². The summed E-state index contributed by atoms with van der Waals surface area (Å²) >= 11 is 6.03. The van der Waals surface area contributed by atoms with Crippen LogP contribution in [0.15, 0.2) is 41.4 Å². The molecule has 0 atom stereocenters. The van der Waals surface area contributed by atoms with Crippen LogP contribution >= 0.6 is 11.6 Å². The standard InChI is InChI=1S/C19H22ClN3O6S/c1-4-23(5-2)30(27,28)16-11-13(8-9-14(16)20)19(26)29-12-17(24)21-18(25)15-7-6-10-22(15)3/h6-11H,4-5,12H2,1-3H3,(H,21,24,25). The smallest absolute Gasteiger partial charge is 0.338 e. The lowest BCUT2D eigenvalue weighted by atomic mass is 10.2. The molecule has 2 amide bonds. The normalized spacial score (nSPS) is 11.4. The average Bonchev–Trinajstić information content (AvgIpc) is 3.13. The first-order valence-corrected chi connectivity index (χ1v) is 10.9. The zero-order valence-corrected chi connectivity index (χ0v) is 18.3. The highest BCUT2D eigenvalue weighted by Gasteiger charge is 2.26. The Morgan fingerprint density at radius 1 is 1.17 bits per heavy atom. The number of carbonyl (C=O) groups is 3. The molecule has 1 N–H and O–H groups in total. The third kappa shape index (κ3) is 5.26. The molecule has 162 valence electrons. The van der Waals surface area contributed by atoms with E-state index >= 15 is 0 Å². The van der Waals surface area contributed by atoms with E-state index in [1.54, 1.807) is 33.2 Å². The summed E-state index contributed by atoms with van der Waals surface area (Å²) in [5.74, 6) is -2.38. The van der Waals surface area contributed by atoms with E-state index in [1.165, 1.54) is 27.1 Å². The van der Waals surface area contributed by atoms with E-state index in [9.17, 15) is 22.8 Å². The van der Waals surface area contributed by atoms with Gasteiger partial charge < -0.3 is 9.30 Å². The number of halogens is 1. The van der Waals surface area contributed by atoms with Crippen LogP contribution in [0.2, 0.25) is 5.02 Å². The molecular weight excluding hydrogens is 434 g/mol. The molecule has 11 heteroatoms. The minimum atomic E-state index is -3.90. The number of imide groups is 1. The minimum absolute atomic E-state index is 0.0376. The molecule has 30 heavy (non-hydrogen) atoms. The van der Waals surface area contributed by atoms with Gasteiger partial charge in [-0.25, -0.2) is 13.2 Å². The number of sulfonamides is 1. The number of aromatic nitrogens is 1. The Hall–Kier alpha value is -2.69. The summed E-state index contributed by atoms with van der Waals surface area (Å²) < 4.78 is 33.0. The monoisotopic (exact) mass is 455 g/mol. The van der Waals surface area contributed by atoms with E-state index in [2.05, 4.69) is 5.32 Å². The average molecular weight is 456 g/mol. The maximum atomic E-state index is 12.7. The molecule has 0 unspecified atom stereocenters. The predicted octanol–water partition coefficient (Wildman–Crippen LogP) is 1.82. The highest BCUT2D eigenvalue weighted by atomic mass is 35.5. The van der Waals surface area contributed by atoms with Crippen LogP contribution in [0.4, 0.5) is 0 Å². The van der Waals surface area contributed by atoms with Crippen molar-refractivity contribution < 1.29 is 27.5 Å². The van der Waals surface area contributed by atoms with Gasteiger partial charge in [0.1, 0.15) is 10.6 Å². The van der Waals surface area contributed by atoms with Crippen molar-refractivity contribution in [1.82, 2.24) is 14.2 Å². The molecule has 9 nitrogen and oxygen atoms in total. The zero-order valence-electron chi connectivity index (χ0n) is 16.7. The molecule has 0 aliphatic rings. The number of esters is 1. The molecule has 0 aliphatic carbocycles. The van der Waals surface area contributed by atoms with Crippen molar-refractivity contribution >= 4 is 39.4 Å². The van der Waals surface area contributed by atoms with Gasteiger partial charge in [0.15, 0.2) is 6.61 Å². The molecule has 1 heterocycles. The topological polar surface area (TPSA) is 115 Å². The van der Waals surface area contributed by atoms with Crippen LogP contribution in [0.3, 0.4) is 0 Å². The van der Waals surface area contributed by atoms with Gasteiger partial charge in [0.05, 0.1) is 10.6 Å². The molecule has 2 rings (SSSR count). The Balaban J connectivity index is 2.08. The second kappa shape index (κ2) is 9.88. The predicted molar refractivity (Wildman–Crippen MR) is 110 cm³/mol. The molecule has 0 fully saturated rings. The first-order chi connectivity index (χ1) is 14.1. The number of hydrogen-bond acceptors (Lipinski definition) is 6. The fraction of sp³-hybridized carbons (Fsp3) is 0.316. The Labute approximate surface area is 179 Å². The van der Waals surface area contributed by atoms with E-state index < -0.39 is 34.4 Å². The summed E-state index contributed by atoms with van der Waals surface area (Å²) in [6, 6.07) is 6.84. The zero-order chi connectivity index (χ0) is 22.5. The van der Waals surface area contributed by atoms with Gasteiger partial charge in [0, 0.05) is 26.3 Å². The molecule has 0 radical (unpaired) electrons. The highest BCUT2D eigenvalue weighted by Crippen LogP contribution is 2.26. The number of hydrogen-bond donors (Lipinski definition) is 1. The van der Waals surface area contributed by atoms with Crippen molar-refractivity contribution in [2.75, 3.05) is 19.7 Å². The molecule has 0 saturated carbocycles. The number of nitrogens with zero attached hydrogens (tertiary/aromatic N) is 2. The number of ether oxygens (including phenoxy) is 1. The summed E-state index contributed by atoms with van der Waals surface area (Å²) in [5, 5.41) is 2.07. The van der Waals surface area contributed by atoms with Crippen molar-refractivity contribution in [2.24, 2.45) is 7.05 Å². The van der Waals surface area contributed by atoms with Crippen molar-refractivity contribution in [2.45, 2.75) is 18.7 Å². The molecule has 1 aromatic heterocycles. The molecular formula is C19H22ClN3O6S. The van der Waals surface area contributed by atoms with E-state index in [-0.39, 0.29) is 34.3 Å². The Kier molecular flexibility index (Phi) is 7.77. The van der Waals surface area contributed by atoms with Gasteiger partial charge in [-0.15, -0.1) is 0 Å². The second-order valence-electron chi connectivity index (χ2n) is 6.19. The van der Waals surface area contributed by atoms with E-state index in [4.69, 9.17) is 16.3 Å². The van der Waals surface area contributed by atoms with Crippen LogP contribution in [-0.4, -0.2) is 54.8 Å². The molecule has 1 aromatic carbocycles. The summed E-state index contributed by atoms with van der Waals surface area (Å²) in [4.78, 5) is 35.9. The summed E-state index contributed by atoms with van der Waals surface area (Å²) in [6.07, 6.45) is 1.64. The van der Waals surface area contributed by atoms with Gasteiger partial charge in [-0.2, -0.15) is 4.31 Å². The number of carbonyl (C=O) groups excluding carboxylic acids is 3. The van der Waals surface area contributed by atoms with Gasteiger partial charge in [0.2, 0.25) is 10.0 Å². The van der Waals surface area contributed by atoms with Crippen molar-refractivity contribution in [3.63, 3.8) is 0 Å². The fourth-order valence-electron chi connectivity index (χ4n) is 2.67. The van der Waals surface area contributed by atoms with Crippen molar-refractivity contribution in [3.05, 3.63) is 52.8 Å². The van der Waals surface area contributed by atoms with Crippen LogP contribution in [0.5, 0.6) is 0 Å². The summed E-state index contributed by atoms with van der Waals surface area (Å²) in [7, 11) is -2.25. The molecule has 0 saturated heterocycles. The third-order valence-corrected chi connectivity index (χ3v) is 6.79. The van der Waals surface area contributed by atoms with Crippen LogP contribution in [0, 0.1) is 0 Å². The Bertz CT molecular complexity index is 1060. The quantitative estimate of drug-likeness (QED) is 0.607. The summed E-state index contributed by atoms with van der Waals surface area (Å²) in [6.45, 7) is 3.12. The maximum absolute atomic E-state index is 12.7. The van der Waals surface area contributed by atoms with Crippen molar-refractivity contribution in [3.8, 4) is 0 Å². The number of nitrogens with one attached hydrogen (secondary N) is 1. The van der Waals surface area contributed by atoms with E-state index in [0.717, 1.165) is 6.07 Å². The lowest BCUT2D eigenvalue weighted by molar-refractivity contribution is -0.123. The maximum Gasteiger partial charge on any atom is 0.338 e. The molecule has 0 spiro atoms. The van der Waals surface area contributed by atoms with Gasteiger partial charge in [-0.1, -0.05) is 25.4 Å². The lowest BCUT2D eigenvalue weighted by Gasteiger charge is -2.19. The SMILES string of the molecule is CCN(CC)S(=O)(=O)c1cc(C(=O)OCC(=O)NC(=O)c2cccn2C)ccc1Cl. The first-order valence-electron chi connectivity index (χ1n) is 9.04. The molecule has 2 aromatic rings. The van der Waals surface area contributed by atoms with Gasteiger partial charge in [-0.3, -0.25) is 14.9 Å². The minimum Gasteiger partial charge on any atom is -0.452 e. The lowest BCUT2D eigenvalue weighted by Crippen LogP contribution is -2.35. The molecule has 0 aliphatic heterocycles. The van der Waals surface area contributed by atoms with Crippen LogP contribution in [-0.2, 0) is 26.6 Å². The summed E-state index contributed by atoms with van der Waals surface area (Å²) in [5.41, 5.74) is 0.172. The van der Waals surface area contributed by atoms with Gasteiger partial charge >= 0.3 is 5.97 Å². The Morgan fingerprint density at radius 3 is 2.40 bits per heavy atom. The fourth-order valence-corrected chi connectivity index (χ4v) is 4.63. The van der Waals surface area contributed by atoms with Crippen LogP contribution in [0.1, 0.15) is 34.7 Å². The number of amides is 2. The largest absolute Gasteiger partial charge is 0.452 e. The number of aryl methyl sites for hydroxylation is 1. The van der Waals surface area contributed by atoms with Crippen molar-refractivity contribution in [1.29, 1.82) is 0 Å². The first kappa shape index (κ1) is 23.6. The van der Waals surface area contributed by atoms with E-state index in [1.807, 2.05) is 0 Å². The van der Waals surface area contributed by atoms with E-state index in [0.29, 0.717) is 0 Å². The van der Waals surface area contributed by atoms with Gasteiger partial charge in [-0.05, 0) is 30.3 Å². The second-order valence-corrected chi connectivity index (χ2v) is 8.51. The third-order valence-electron chi connectivity index (χ3n) is 4.25. The van der Waals surface area contributed by atoms with Crippen LogP contribution < -0.4 is 5.32 Å².